The van der Waals surface area contributed by atoms with Crippen LogP contribution in [0.5, 0.6) is 0 Å². The lowest BCUT2D eigenvalue weighted by molar-refractivity contribution is 0.102. The molecule has 0 unspecified atom stereocenters. The van der Waals surface area contributed by atoms with Crippen molar-refractivity contribution in [1.29, 1.82) is 0 Å². The van der Waals surface area contributed by atoms with Crippen LogP contribution in [0.15, 0.2) is 30.5 Å². The highest BCUT2D eigenvalue weighted by Crippen LogP contribution is 2.13. The van der Waals surface area contributed by atoms with Crippen LogP contribution in [0.25, 0.3) is 0 Å². The van der Waals surface area contributed by atoms with Crippen molar-refractivity contribution in [3.05, 3.63) is 47.4 Å². The number of halogens is 1. The third-order valence-electron chi connectivity index (χ3n) is 2.75. The number of rotatable bonds is 3. The first-order valence-corrected chi connectivity index (χ1v) is 6.30. The summed E-state index contributed by atoms with van der Waals surface area (Å²) in [6.45, 7) is -0.0845. The molecule has 0 spiro atoms. The molecule has 2 rings (SSSR count). The summed E-state index contributed by atoms with van der Waals surface area (Å²) >= 11 is 0. The second-order valence-electron chi connectivity index (χ2n) is 4.26. The fourth-order valence-corrected chi connectivity index (χ4v) is 1.71. The number of aryl methyl sites for hydroxylation is 1. The maximum absolute atomic E-state index is 13.3. The Bertz CT molecular complexity index is 713. The summed E-state index contributed by atoms with van der Waals surface area (Å²) in [5, 5.41) is 15.3. The van der Waals surface area contributed by atoms with Gasteiger partial charge in [-0.3, -0.25) is 9.48 Å². The molecular formula is C15H14FN3O2. The molecule has 0 aliphatic carbocycles. The first kappa shape index (κ1) is 14.8. The molecule has 0 saturated heterocycles. The molecule has 1 amide bonds. The molecule has 0 saturated carbocycles. The van der Waals surface area contributed by atoms with Crippen LogP contribution in [0.3, 0.4) is 0 Å². The Morgan fingerprint density at radius 1 is 1.48 bits per heavy atom. The minimum atomic E-state index is -0.472. The molecule has 0 atom stereocenters. The van der Waals surface area contributed by atoms with E-state index in [4.69, 9.17) is 5.11 Å². The number of aliphatic hydroxyl groups is 1. The van der Waals surface area contributed by atoms with Crippen LogP contribution in [-0.4, -0.2) is 27.4 Å². The minimum Gasteiger partial charge on any atom is -0.395 e. The zero-order valence-electron chi connectivity index (χ0n) is 11.4. The van der Waals surface area contributed by atoms with E-state index in [0.29, 0.717) is 5.82 Å². The van der Waals surface area contributed by atoms with Gasteiger partial charge < -0.3 is 10.4 Å². The third-order valence-corrected chi connectivity index (χ3v) is 2.75. The number of aromatic nitrogens is 2. The molecule has 5 nitrogen and oxygen atoms in total. The fourth-order valence-electron chi connectivity index (χ4n) is 1.71. The molecule has 108 valence electrons. The number of carbonyl (C=O) groups is 1. The molecular weight excluding hydrogens is 273 g/mol. The number of aliphatic hydroxyl groups excluding tert-OH is 1. The van der Waals surface area contributed by atoms with Crippen LogP contribution in [0.1, 0.15) is 22.3 Å². The van der Waals surface area contributed by atoms with E-state index in [0.717, 1.165) is 0 Å². The zero-order valence-corrected chi connectivity index (χ0v) is 11.4. The molecule has 2 N–H and O–H groups in total. The molecule has 1 aromatic carbocycles. The quantitative estimate of drug-likeness (QED) is 0.842. The highest BCUT2D eigenvalue weighted by molar-refractivity contribution is 6.05. The molecule has 1 heterocycles. The molecule has 1 aromatic heterocycles. The SMILES string of the molecule is Cn1nccc1NC(=O)c1ccc(F)cc1C#CCCO. The monoisotopic (exact) mass is 287 g/mol. The Hall–Kier alpha value is -2.65. The van der Waals surface area contributed by atoms with Crippen molar-refractivity contribution in [2.24, 2.45) is 7.05 Å². The van der Waals surface area contributed by atoms with E-state index < -0.39 is 11.7 Å². The second kappa shape index (κ2) is 6.68. The van der Waals surface area contributed by atoms with E-state index in [-0.39, 0.29) is 24.2 Å². The van der Waals surface area contributed by atoms with Crippen LogP contribution in [0, 0.1) is 17.7 Å². The van der Waals surface area contributed by atoms with Gasteiger partial charge in [0.1, 0.15) is 11.6 Å². The van der Waals surface area contributed by atoms with Crippen LogP contribution >= 0.6 is 0 Å². The maximum atomic E-state index is 13.3. The van der Waals surface area contributed by atoms with Gasteiger partial charge in [-0.1, -0.05) is 11.8 Å². The summed E-state index contributed by atoms with van der Waals surface area (Å²) in [5.41, 5.74) is 0.547. The van der Waals surface area contributed by atoms with Gasteiger partial charge in [0.05, 0.1) is 18.4 Å². The Kier molecular flexibility index (Phi) is 4.69. The number of benzene rings is 1. The fraction of sp³-hybridized carbons (Fsp3) is 0.200. The Labute approximate surface area is 121 Å². The van der Waals surface area contributed by atoms with Crippen LogP contribution < -0.4 is 5.32 Å². The number of nitrogens with one attached hydrogen (secondary N) is 1. The summed E-state index contributed by atoms with van der Waals surface area (Å²) in [6, 6.07) is 5.43. The van der Waals surface area contributed by atoms with E-state index in [2.05, 4.69) is 22.3 Å². The summed E-state index contributed by atoms with van der Waals surface area (Å²) in [7, 11) is 1.70. The summed E-state index contributed by atoms with van der Waals surface area (Å²) in [6.07, 6.45) is 1.82. The van der Waals surface area contributed by atoms with Gasteiger partial charge in [-0.2, -0.15) is 5.10 Å². The van der Waals surface area contributed by atoms with Crippen LogP contribution in [0.2, 0.25) is 0 Å². The van der Waals surface area contributed by atoms with Crippen molar-refractivity contribution in [3.63, 3.8) is 0 Å². The Morgan fingerprint density at radius 3 is 2.95 bits per heavy atom. The third kappa shape index (κ3) is 3.68. The number of nitrogens with zero attached hydrogens (tertiary/aromatic N) is 2. The second-order valence-corrected chi connectivity index (χ2v) is 4.26. The number of hydrogen-bond acceptors (Lipinski definition) is 3. The van der Waals surface area contributed by atoms with Crippen LogP contribution in [0.4, 0.5) is 10.2 Å². The van der Waals surface area contributed by atoms with Crippen LogP contribution in [-0.2, 0) is 7.05 Å². The van der Waals surface area contributed by atoms with E-state index in [9.17, 15) is 9.18 Å². The van der Waals surface area contributed by atoms with Gasteiger partial charge in [-0.05, 0) is 18.2 Å². The van der Waals surface area contributed by atoms with Gasteiger partial charge in [0.25, 0.3) is 5.91 Å². The van der Waals surface area contributed by atoms with E-state index in [1.54, 1.807) is 19.3 Å². The standard InChI is InChI=1S/C15H14FN3O2/c1-19-14(7-8-17-19)18-15(21)13-6-5-12(16)10-11(13)4-2-3-9-20/h5-8,10,20H,3,9H2,1H3,(H,18,21). The summed E-state index contributed by atoms with van der Waals surface area (Å²) in [5.74, 6) is 5.03. The van der Waals surface area contributed by atoms with E-state index in [1.807, 2.05) is 0 Å². The lowest BCUT2D eigenvalue weighted by atomic mass is 10.1. The lowest BCUT2D eigenvalue weighted by Gasteiger charge is -2.07. The predicted octanol–water partition coefficient (Wildman–Crippen LogP) is 1.55. The molecule has 0 aliphatic rings. The average molecular weight is 287 g/mol. The molecule has 0 radical (unpaired) electrons. The van der Waals surface area contributed by atoms with Crippen molar-refractivity contribution in [3.8, 4) is 11.8 Å². The van der Waals surface area contributed by atoms with E-state index in [1.165, 1.54) is 22.9 Å². The first-order valence-electron chi connectivity index (χ1n) is 6.30. The van der Waals surface area contributed by atoms with Crippen molar-refractivity contribution in [2.45, 2.75) is 6.42 Å². The van der Waals surface area contributed by atoms with Gasteiger partial charge in [-0.15, -0.1) is 0 Å². The Morgan fingerprint density at radius 2 is 2.29 bits per heavy atom. The molecule has 0 aliphatic heterocycles. The van der Waals surface area contributed by atoms with Crippen molar-refractivity contribution >= 4 is 11.7 Å². The van der Waals surface area contributed by atoms with E-state index >= 15 is 0 Å². The lowest BCUT2D eigenvalue weighted by Crippen LogP contribution is -2.16. The van der Waals surface area contributed by atoms with Gasteiger partial charge in [0.15, 0.2) is 0 Å². The average Bonchev–Trinajstić information content (AvgIpc) is 2.84. The van der Waals surface area contributed by atoms with Crippen molar-refractivity contribution < 1.29 is 14.3 Å². The predicted molar refractivity (Wildman–Crippen MR) is 76.1 cm³/mol. The van der Waals surface area contributed by atoms with Gasteiger partial charge in [0.2, 0.25) is 0 Å². The smallest absolute Gasteiger partial charge is 0.258 e. The summed E-state index contributed by atoms with van der Waals surface area (Å²) < 4.78 is 14.8. The van der Waals surface area contributed by atoms with Crippen molar-refractivity contribution in [1.82, 2.24) is 9.78 Å². The highest BCUT2D eigenvalue weighted by Gasteiger charge is 2.12. The normalized spacial score (nSPS) is 9.86. The first-order chi connectivity index (χ1) is 10.1. The molecule has 6 heteroatoms. The number of anilines is 1. The number of hydrogen-bond donors (Lipinski definition) is 2. The summed E-state index contributed by atoms with van der Waals surface area (Å²) in [4.78, 5) is 12.2. The Balaban J connectivity index is 2.28. The molecule has 0 fully saturated rings. The van der Waals surface area contributed by atoms with Gasteiger partial charge >= 0.3 is 0 Å². The largest absolute Gasteiger partial charge is 0.395 e. The number of carbonyl (C=O) groups excluding carboxylic acids is 1. The maximum Gasteiger partial charge on any atom is 0.258 e. The highest BCUT2D eigenvalue weighted by atomic mass is 19.1. The molecule has 0 bridgehead atoms. The zero-order chi connectivity index (χ0) is 15.2. The van der Waals surface area contributed by atoms with Gasteiger partial charge in [0, 0.05) is 25.1 Å². The van der Waals surface area contributed by atoms with Gasteiger partial charge in [-0.25, -0.2) is 4.39 Å². The molecule has 21 heavy (non-hydrogen) atoms. The minimum absolute atomic E-state index is 0.0845. The number of amides is 1. The topological polar surface area (TPSA) is 67.2 Å². The van der Waals surface area contributed by atoms with Crippen molar-refractivity contribution in [2.75, 3.05) is 11.9 Å². The molecule has 2 aromatic rings.